The minimum atomic E-state index is -4.92. The van der Waals surface area contributed by atoms with Crippen molar-refractivity contribution in [3.63, 3.8) is 0 Å². The highest BCUT2D eigenvalue weighted by Gasteiger charge is 2.31. The molecule has 144 valence electrons. The third kappa shape index (κ3) is 8.15. The van der Waals surface area contributed by atoms with E-state index in [0.717, 1.165) is 12.1 Å². The molecular weight excluding hydrogens is 422 g/mol. The lowest BCUT2D eigenvalue weighted by molar-refractivity contribution is -0.659. The van der Waals surface area contributed by atoms with E-state index in [1.165, 1.54) is 29.2 Å². The molecule has 1 aromatic heterocycles. The van der Waals surface area contributed by atoms with Gasteiger partial charge in [0, 0.05) is 29.7 Å². The first-order chi connectivity index (χ1) is 11.9. The summed E-state index contributed by atoms with van der Waals surface area (Å²) in [5, 5.41) is 7.34. The quantitative estimate of drug-likeness (QED) is 0.332. The number of halogens is 5. The van der Waals surface area contributed by atoms with E-state index in [0.29, 0.717) is 23.1 Å². The van der Waals surface area contributed by atoms with Crippen molar-refractivity contribution >= 4 is 39.3 Å². The number of alkyl halides is 4. The zero-order valence-electron chi connectivity index (χ0n) is 12.7. The molecule has 0 amide bonds. The lowest BCUT2D eigenvalue weighted by Crippen LogP contribution is -2.35. The SMILES string of the molecule is FC(F)(F)c1cccc(-[n+]2cc(Cl)c(NCCCl)cn2)c1.O=S(=O)([O-])O. The molecule has 26 heavy (non-hydrogen) atoms. The van der Waals surface area contributed by atoms with E-state index in [1.54, 1.807) is 0 Å². The van der Waals surface area contributed by atoms with Crippen molar-refractivity contribution in [1.82, 2.24) is 5.10 Å². The molecule has 7 nitrogen and oxygen atoms in total. The summed E-state index contributed by atoms with van der Waals surface area (Å²) in [5.74, 6) is 0.402. The maximum Gasteiger partial charge on any atom is 0.416 e. The summed E-state index contributed by atoms with van der Waals surface area (Å²) in [6, 6.07) is 4.85. The van der Waals surface area contributed by atoms with Gasteiger partial charge in [-0.1, -0.05) is 22.3 Å². The smallest absolute Gasteiger partial charge is 0.416 e. The van der Waals surface area contributed by atoms with Crippen molar-refractivity contribution in [2.24, 2.45) is 0 Å². The van der Waals surface area contributed by atoms with E-state index in [-0.39, 0.29) is 5.69 Å². The van der Waals surface area contributed by atoms with Gasteiger partial charge in [-0.15, -0.1) is 11.6 Å². The summed E-state index contributed by atoms with van der Waals surface area (Å²) in [5.41, 5.74) is 0.103. The third-order valence-electron chi connectivity index (χ3n) is 2.65. The van der Waals surface area contributed by atoms with Gasteiger partial charge in [0.25, 0.3) is 0 Å². The molecular formula is C13H12Cl2F3N3O4S. The van der Waals surface area contributed by atoms with Gasteiger partial charge >= 0.3 is 6.18 Å². The fourth-order valence-corrected chi connectivity index (χ4v) is 1.97. The van der Waals surface area contributed by atoms with Gasteiger partial charge in [-0.25, -0.2) is 8.42 Å². The average Bonchev–Trinajstić information content (AvgIpc) is 2.51. The van der Waals surface area contributed by atoms with Crippen LogP contribution in [0.1, 0.15) is 5.56 Å². The van der Waals surface area contributed by atoms with Crippen LogP contribution in [0.4, 0.5) is 18.9 Å². The second-order valence-corrected chi connectivity index (χ2v) is 6.21. The highest BCUT2D eigenvalue weighted by molar-refractivity contribution is 7.79. The van der Waals surface area contributed by atoms with Crippen LogP contribution in [0.15, 0.2) is 36.7 Å². The fourth-order valence-electron chi connectivity index (χ4n) is 1.67. The van der Waals surface area contributed by atoms with Crippen LogP contribution in [0.5, 0.6) is 0 Å². The summed E-state index contributed by atoms with van der Waals surface area (Å²) < 4.78 is 72.2. The standard InChI is InChI=1S/C13H10Cl2F3N3.H2O4S/c14-4-5-19-12-7-20-21(8-11(12)15)10-3-1-2-9(6-10)13(16,17)18;1-5(2,3)4/h1-3,6-8H,4-5H2;(H2,1,2,3,4). The molecule has 2 aromatic rings. The molecule has 0 fully saturated rings. The Morgan fingerprint density at radius 1 is 1.35 bits per heavy atom. The second kappa shape index (κ2) is 9.33. The normalized spacial score (nSPS) is 11.5. The van der Waals surface area contributed by atoms with Crippen LogP contribution in [-0.4, -0.2) is 35.0 Å². The van der Waals surface area contributed by atoms with E-state index < -0.39 is 22.1 Å². The first-order valence-corrected chi connectivity index (χ1v) is 8.93. The maximum atomic E-state index is 12.7. The summed E-state index contributed by atoms with van der Waals surface area (Å²) in [6.07, 6.45) is -1.52. The van der Waals surface area contributed by atoms with Crippen LogP contribution in [0, 0.1) is 0 Å². The molecule has 0 aliphatic heterocycles. The zero-order chi connectivity index (χ0) is 20.0. The van der Waals surface area contributed by atoms with Crippen molar-refractivity contribution < 1.29 is 35.4 Å². The molecule has 13 heteroatoms. The van der Waals surface area contributed by atoms with Gasteiger partial charge in [0.2, 0.25) is 22.3 Å². The summed E-state index contributed by atoms with van der Waals surface area (Å²) >= 11 is 11.6. The van der Waals surface area contributed by atoms with E-state index in [2.05, 4.69) is 10.4 Å². The Bertz CT molecular complexity index is 843. The Labute approximate surface area is 156 Å². The van der Waals surface area contributed by atoms with Gasteiger partial charge in [0.15, 0.2) is 0 Å². The lowest BCUT2D eigenvalue weighted by Gasteiger charge is -2.06. The minimum Gasteiger partial charge on any atom is -0.726 e. The minimum absolute atomic E-state index is 0.274. The second-order valence-electron chi connectivity index (χ2n) is 4.57. The highest BCUT2D eigenvalue weighted by Crippen LogP contribution is 2.29. The van der Waals surface area contributed by atoms with Crippen molar-refractivity contribution in [2.75, 3.05) is 17.7 Å². The monoisotopic (exact) mass is 433 g/mol. The number of nitrogens with one attached hydrogen (secondary N) is 1. The van der Waals surface area contributed by atoms with E-state index in [9.17, 15) is 13.2 Å². The van der Waals surface area contributed by atoms with Crippen LogP contribution in [0.3, 0.4) is 0 Å². The Hall–Kier alpha value is -1.66. The number of anilines is 1. The number of benzene rings is 1. The van der Waals surface area contributed by atoms with E-state index >= 15 is 0 Å². The summed E-state index contributed by atoms with van der Waals surface area (Å²) in [7, 11) is -4.92. The molecule has 0 aliphatic carbocycles. The first kappa shape index (κ1) is 22.4. The van der Waals surface area contributed by atoms with Crippen LogP contribution in [-0.2, 0) is 16.6 Å². The van der Waals surface area contributed by atoms with Crippen molar-refractivity contribution in [1.29, 1.82) is 0 Å². The number of nitrogens with zero attached hydrogens (tertiary/aromatic N) is 2. The van der Waals surface area contributed by atoms with Crippen molar-refractivity contribution in [2.45, 2.75) is 6.18 Å². The Morgan fingerprint density at radius 2 is 1.96 bits per heavy atom. The molecule has 2 rings (SSSR count). The predicted octanol–water partition coefficient (Wildman–Crippen LogP) is 2.69. The molecule has 0 aliphatic rings. The van der Waals surface area contributed by atoms with Gasteiger partial charge < -0.3 is 9.87 Å². The molecule has 2 N–H and O–H groups in total. The molecule has 0 saturated carbocycles. The number of hydrogen-bond acceptors (Lipinski definition) is 5. The molecule has 0 radical (unpaired) electrons. The predicted molar refractivity (Wildman–Crippen MR) is 87.3 cm³/mol. The van der Waals surface area contributed by atoms with Crippen molar-refractivity contribution in [3.05, 3.63) is 47.2 Å². The molecule has 0 spiro atoms. The maximum absolute atomic E-state index is 12.7. The van der Waals surface area contributed by atoms with Crippen molar-refractivity contribution in [3.8, 4) is 5.69 Å². The van der Waals surface area contributed by atoms with E-state index in [1.807, 2.05) is 0 Å². The molecule has 0 saturated heterocycles. The van der Waals surface area contributed by atoms with Gasteiger partial charge in [-0.2, -0.15) is 13.2 Å². The third-order valence-corrected chi connectivity index (χ3v) is 3.14. The van der Waals surface area contributed by atoms with Gasteiger partial charge in [-0.3, -0.25) is 4.55 Å². The summed E-state index contributed by atoms with van der Waals surface area (Å²) in [6.45, 7) is 0.510. The van der Waals surface area contributed by atoms with Crippen LogP contribution < -0.4 is 10.00 Å². The number of hydrogen-bond donors (Lipinski definition) is 2. The fraction of sp³-hybridized carbons (Fsp3) is 0.231. The van der Waals surface area contributed by atoms with Gasteiger partial charge in [-0.05, 0) is 6.07 Å². The Kier molecular flexibility index (Phi) is 8.03. The summed E-state index contributed by atoms with van der Waals surface area (Å²) in [4.78, 5) is 0. The highest BCUT2D eigenvalue weighted by atomic mass is 35.5. The van der Waals surface area contributed by atoms with Crippen LogP contribution in [0.25, 0.3) is 5.69 Å². The molecule has 0 atom stereocenters. The lowest BCUT2D eigenvalue weighted by atomic mass is 10.2. The number of aromatic nitrogens is 2. The molecule has 0 unspecified atom stereocenters. The first-order valence-electron chi connectivity index (χ1n) is 6.65. The topological polar surface area (TPSA) is 106 Å². The van der Waals surface area contributed by atoms with Gasteiger partial charge in [0.05, 0.1) is 11.3 Å². The van der Waals surface area contributed by atoms with Gasteiger partial charge in [0.1, 0.15) is 11.2 Å². The molecule has 0 bridgehead atoms. The zero-order valence-corrected chi connectivity index (χ0v) is 15.1. The molecule has 1 heterocycles. The average molecular weight is 434 g/mol. The number of rotatable bonds is 4. The molecule has 1 aromatic carbocycles. The van der Waals surface area contributed by atoms with Crippen LogP contribution in [0.2, 0.25) is 5.02 Å². The van der Waals surface area contributed by atoms with Crippen LogP contribution >= 0.6 is 23.2 Å². The largest absolute Gasteiger partial charge is 0.726 e. The Morgan fingerprint density at radius 3 is 2.46 bits per heavy atom. The van der Waals surface area contributed by atoms with E-state index in [4.69, 9.17) is 40.7 Å². The Balaban J connectivity index is 0.000000597.